The molecule has 0 spiro atoms. The first-order valence-electron chi connectivity index (χ1n) is 4.11. The average molecular weight is 229 g/mol. The zero-order chi connectivity index (χ0) is 10.1. The Labute approximate surface area is 90.7 Å². The van der Waals surface area contributed by atoms with E-state index < -0.39 is 0 Å². The van der Waals surface area contributed by atoms with Gasteiger partial charge in [-0.05, 0) is 23.8 Å². The molecule has 74 valence electrons. The van der Waals surface area contributed by atoms with Gasteiger partial charge in [-0.2, -0.15) is 0 Å². The quantitative estimate of drug-likeness (QED) is 0.856. The van der Waals surface area contributed by atoms with E-state index in [0.717, 1.165) is 20.7 Å². The summed E-state index contributed by atoms with van der Waals surface area (Å²) in [4.78, 5) is 0. The highest BCUT2D eigenvalue weighted by Gasteiger charge is 2.07. The number of rotatable bonds is 2. The minimum absolute atomic E-state index is 0.00303. The van der Waals surface area contributed by atoms with Crippen molar-refractivity contribution in [2.75, 3.05) is 7.11 Å². The molecule has 0 amide bonds. The first-order valence-corrected chi connectivity index (χ1v) is 5.31. The fourth-order valence-corrected chi connectivity index (χ4v) is 2.65. The van der Waals surface area contributed by atoms with Gasteiger partial charge in [0.2, 0.25) is 0 Å². The van der Waals surface area contributed by atoms with Gasteiger partial charge in [0.15, 0.2) is 5.06 Å². The highest BCUT2D eigenvalue weighted by Crippen LogP contribution is 2.35. The second kappa shape index (κ2) is 3.77. The Kier molecular flexibility index (Phi) is 2.63. The van der Waals surface area contributed by atoms with Crippen LogP contribution in [0.1, 0.15) is 5.56 Å². The predicted molar refractivity (Wildman–Crippen MR) is 59.3 cm³/mol. The van der Waals surface area contributed by atoms with Gasteiger partial charge < -0.3 is 9.84 Å². The molecule has 0 aliphatic rings. The summed E-state index contributed by atoms with van der Waals surface area (Å²) < 4.78 is 6.17. The molecular formula is C10H9ClO2S. The van der Waals surface area contributed by atoms with Crippen molar-refractivity contribution in [2.24, 2.45) is 0 Å². The number of benzene rings is 1. The van der Waals surface area contributed by atoms with Crippen LogP contribution in [0.15, 0.2) is 18.2 Å². The van der Waals surface area contributed by atoms with E-state index in [4.69, 9.17) is 21.4 Å². The van der Waals surface area contributed by atoms with Gasteiger partial charge in [-0.15, -0.1) is 0 Å². The molecule has 0 fully saturated rings. The summed E-state index contributed by atoms with van der Waals surface area (Å²) in [6.45, 7) is -0.00303. The van der Waals surface area contributed by atoms with Crippen molar-refractivity contribution in [1.29, 1.82) is 0 Å². The lowest BCUT2D eigenvalue weighted by atomic mass is 10.1. The molecule has 1 aromatic heterocycles. The average Bonchev–Trinajstić information content (AvgIpc) is 2.59. The van der Waals surface area contributed by atoms with Gasteiger partial charge in [-0.25, -0.2) is 0 Å². The second-order valence-electron chi connectivity index (χ2n) is 2.90. The number of hydrogen-bond acceptors (Lipinski definition) is 3. The number of fused-ring (bicyclic) bond motifs is 1. The van der Waals surface area contributed by atoms with E-state index in [2.05, 4.69) is 0 Å². The fraction of sp³-hybridized carbons (Fsp3) is 0.200. The summed E-state index contributed by atoms with van der Waals surface area (Å²) in [5.74, 6) is 0. The molecule has 1 heterocycles. The number of aliphatic hydroxyl groups excluding tert-OH is 1. The molecule has 0 saturated carbocycles. The third kappa shape index (κ3) is 1.59. The molecule has 1 N–H and O–H groups in total. The standard InChI is InChI=1S/C10H9ClO2S/c1-13-10-4-8-6(5-12)2-7(11)3-9(8)14-10/h2-4,12H,5H2,1H3. The third-order valence-corrected chi connectivity index (χ3v) is 3.30. The van der Waals surface area contributed by atoms with Crippen LogP contribution in [-0.2, 0) is 6.61 Å². The minimum Gasteiger partial charge on any atom is -0.487 e. The summed E-state index contributed by atoms with van der Waals surface area (Å²) in [7, 11) is 1.63. The van der Waals surface area contributed by atoms with Crippen LogP contribution in [0.25, 0.3) is 10.1 Å². The molecule has 0 unspecified atom stereocenters. The molecule has 4 heteroatoms. The van der Waals surface area contributed by atoms with Crippen molar-refractivity contribution >= 4 is 33.0 Å². The maximum Gasteiger partial charge on any atom is 0.174 e. The lowest BCUT2D eigenvalue weighted by molar-refractivity contribution is 0.283. The minimum atomic E-state index is -0.00303. The summed E-state index contributed by atoms with van der Waals surface area (Å²) in [6.07, 6.45) is 0. The summed E-state index contributed by atoms with van der Waals surface area (Å²) in [5, 5.41) is 11.6. The summed E-state index contributed by atoms with van der Waals surface area (Å²) in [5.41, 5.74) is 0.840. The molecule has 0 atom stereocenters. The largest absolute Gasteiger partial charge is 0.487 e. The number of hydrogen-bond donors (Lipinski definition) is 1. The smallest absolute Gasteiger partial charge is 0.174 e. The lowest BCUT2D eigenvalue weighted by Gasteiger charge is -1.98. The van der Waals surface area contributed by atoms with Crippen molar-refractivity contribution in [3.63, 3.8) is 0 Å². The normalized spacial score (nSPS) is 10.8. The Morgan fingerprint density at radius 3 is 2.86 bits per heavy atom. The van der Waals surface area contributed by atoms with E-state index in [1.54, 1.807) is 13.2 Å². The molecule has 2 rings (SSSR count). The van der Waals surface area contributed by atoms with E-state index in [0.29, 0.717) is 5.02 Å². The molecule has 1 aromatic carbocycles. The van der Waals surface area contributed by atoms with E-state index in [1.807, 2.05) is 12.1 Å². The zero-order valence-corrected chi connectivity index (χ0v) is 9.15. The topological polar surface area (TPSA) is 29.5 Å². The van der Waals surface area contributed by atoms with Gasteiger partial charge in [0.25, 0.3) is 0 Å². The number of ether oxygens (including phenoxy) is 1. The van der Waals surface area contributed by atoms with Gasteiger partial charge in [0, 0.05) is 15.1 Å². The Morgan fingerprint density at radius 1 is 1.43 bits per heavy atom. The zero-order valence-electron chi connectivity index (χ0n) is 7.58. The molecule has 0 saturated heterocycles. The van der Waals surface area contributed by atoms with Crippen molar-refractivity contribution in [2.45, 2.75) is 6.61 Å². The number of thiophene rings is 1. The summed E-state index contributed by atoms with van der Waals surface area (Å²) >= 11 is 7.43. The Morgan fingerprint density at radius 2 is 2.21 bits per heavy atom. The molecule has 0 bridgehead atoms. The first kappa shape index (κ1) is 9.77. The van der Waals surface area contributed by atoms with Crippen molar-refractivity contribution in [3.8, 4) is 5.06 Å². The van der Waals surface area contributed by atoms with Crippen LogP contribution in [-0.4, -0.2) is 12.2 Å². The van der Waals surface area contributed by atoms with Crippen LogP contribution in [0.4, 0.5) is 0 Å². The Bertz CT molecular complexity index is 464. The highest BCUT2D eigenvalue weighted by atomic mass is 35.5. The van der Waals surface area contributed by atoms with Crippen LogP contribution >= 0.6 is 22.9 Å². The van der Waals surface area contributed by atoms with E-state index in [-0.39, 0.29) is 6.61 Å². The first-order chi connectivity index (χ1) is 6.74. The van der Waals surface area contributed by atoms with E-state index in [1.165, 1.54) is 11.3 Å². The third-order valence-electron chi connectivity index (χ3n) is 2.04. The van der Waals surface area contributed by atoms with Gasteiger partial charge >= 0.3 is 0 Å². The molecule has 2 aromatic rings. The predicted octanol–water partition coefficient (Wildman–Crippen LogP) is 3.06. The van der Waals surface area contributed by atoms with Crippen molar-refractivity contribution in [3.05, 3.63) is 28.8 Å². The van der Waals surface area contributed by atoms with Gasteiger partial charge in [-0.1, -0.05) is 22.9 Å². The molecule has 0 aliphatic carbocycles. The van der Waals surface area contributed by atoms with E-state index >= 15 is 0 Å². The van der Waals surface area contributed by atoms with Crippen LogP contribution in [0.2, 0.25) is 5.02 Å². The molecule has 0 radical (unpaired) electrons. The number of aliphatic hydroxyl groups is 1. The second-order valence-corrected chi connectivity index (χ2v) is 4.39. The maximum absolute atomic E-state index is 9.15. The van der Waals surface area contributed by atoms with Crippen LogP contribution in [0.5, 0.6) is 5.06 Å². The monoisotopic (exact) mass is 228 g/mol. The van der Waals surface area contributed by atoms with Gasteiger partial charge in [0.05, 0.1) is 13.7 Å². The molecular weight excluding hydrogens is 220 g/mol. The fourth-order valence-electron chi connectivity index (χ4n) is 1.38. The maximum atomic E-state index is 9.15. The summed E-state index contributed by atoms with van der Waals surface area (Å²) in [6, 6.07) is 5.57. The van der Waals surface area contributed by atoms with Gasteiger partial charge in [0.1, 0.15) is 0 Å². The van der Waals surface area contributed by atoms with Crippen molar-refractivity contribution in [1.82, 2.24) is 0 Å². The van der Waals surface area contributed by atoms with E-state index in [9.17, 15) is 0 Å². The van der Waals surface area contributed by atoms with Crippen LogP contribution in [0, 0.1) is 0 Å². The Balaban J connectivity index is 2.71. The number of methoxy groups -OCH3 is 1. The SMILES string of the molecule is COc1cc2c(CO)cc(Cl)cc2s1. The van der Waals surface area contributed by atoms with Crippen LogP contribution in [0.3, 0.4) is 0 Å². The van der Waals surface area contributed by atoms with Crippen molar-refractivity contribution < 1.29 is 9.84 Å². The highest BCUT2D eigenvalue weighted by molar-refractivity contribution is 7.20. The van der Waals surface area contributed by atoms with Crippen LogP contribution < -0.4 is 4.74 Å². The number of halogens is 1. The Hall–Kier alpha value is -0.770. The molecule has 14 heavy (non-hydrogen) atoms. The molecule has 0 aliphatic heterocycles. The molecule has 2 nitrogen and oxygen atoms in total. The van der Waals surface area contributed by atoms with Gasteiger partial charge in [-0.3, -0.25) is 0 Å². The lowest BCUT2D eigenvalue weighted by Crippen LogP contribution is -1.83.